The van der Waals surface area contributed by atoms with Gasteiger partial charge in [-0.1, -0.05) is 17.5 Å². The average molecular weight is 210 g/mol. The third-order valence-corrected chi connectivity index (χ3v) is 1.66. The molecule has 0 spiro atoms. The van der Waals surface area contributed by atoms with E-state index in [0.717, 1.165) is 0 Å². The van der Waals surface area contributed by atoms with E-state index in [4.69, 9.17) is 11.6 Å². The first-order chi connectivity index (χ1) is 6.65. The van der Waals surface area contributed by atoms with Crippen LogP contribution in [0.1, 0.15) is 5.56 Å². The smallest absolute Gasteiger partial charge is 0.286 e. The standard InChI is InChI=1S/C9H4ClNO3/c10-8-4-3-7(2-1-5-12)9(6-8)11(13)14/h3-6H. The number of benzene rings is 1. The minimum Gasteiger partial charge on any atom is -0.289 e. The molecule has 4 nitrogen and oxygen atoms in total. The van der Waals surface area contributed by atoms with Crippen molar-refractivity contribution in [1.82, 2.24) is 0 Å². The van der Waals surface area contributed by atoms with Crippen LogP contribution in [-0.2, 0) is 4.79 Å². The number of hydrogen-bond acceptors (Lipinski definition) is 3. The number of aldehydes is 1. The average Bonchev–Trinajstić information content (AvgIpc) is 2.15. The highest BCUT2D eigenvalue weighted by Crippen LogP contribution is 2.22. The maximum Gasteiger partial charge on any atom is 0.286 e. The SMILES string of the molecule is O=CC#Cc1ccc(Cl)cc1[N+](=O)[O-]. The Labute approximate surface area is 84.6 Å². The molecule has 1 rings (SSSR count). The van der Waals surface area contributed by atoms with E-state index in [-0.39, 0.29) is 16.3 Å². The largest absolute Gasteiger partial charge is 0.289 e. The van der Waals surface area contributed by atoms with Gasteiger partial charge in [-0.05, 0) is 18.1 Å². The maximum absolute atomic E-state index is 10.5. The fourth-order valence-corrected chi connectivity index (χ4v) is 1.04. The summed E-state index contributed by atoms with van der Waals surface area (Å²) in [7, 11) is 0. The van der Waals surface area contributed by atoms with Gasteiger partial charge in [0.15, 0.2) is 6.29 Å². The van der Waals surface area contributed by atoms with E-state index in [1.807, 2.05) is 0 Å². The first kappa shape index (κ1) is 10.2. The van der Waals surface area contributed by atoms with Crippen LogP contribution in [0.3, 0.4) is 0 Å². The van der Waals surface area contributed by atoms with Gasteiger partial charge in [0.05, 0.1) is 4.92 Å². The Bertz CT molecular complexity index is 445. The number of hydrogen-bond donors (Lipinski definition) is 0. The molecular formula is C9H4ClNO3. The Kier molecular flexibility index (Phi) is 3.21. The van der Waals surface area contributed by atoms with Gasteiger partial charge in [-0.2, -0.15) is 0 Å². The predicted molar refractivity (Wildman–Crippen MR) is 51.0 cm³/mol. The summed E-state index contributed by atoms with van der Waals surface area (Å²) in [6.45, 7) is 0. The molecular weight excluding hydrogens is 206 g/mol. The molecule has 0 aliphatic carbocycles. The van der Waals surface area contributed by atoms with Gasteiger partial charge in [0.1, 0.15) is 5.56 Å². The van der Waals surface area contributed by atoms with Crippen LogP contribution in [0.15, 0.2) is 18.2 Å². The van der Waals surface area contributed by atoms with Gasteiger partial charge in [0, 0.05) is 11.1 Å². The van der Waals surface area contributed by atoms with Crippen LogP contribution in [0.5, 0.6) is 0 Å². The van der Waals surface area contributed by atoms with Crippen LogP contribution in [0.2, 0.25) is 5.02 Å². The fraction of sp³-hybridized carbons (Fsp3) is 0. The molecule has 14 heavy (non-hydrogen) atoms. The summed E-state index contributed by atoms with van der Waals surface area (Å²) in [5.74, 6) is 4.45. The van der Waals surface area contributed by atoms with E-state index >= 15 is 0 Å². The summed E-state index contributed by atoms with van der Waals surface area (Å²) in [5.41, 5.74) is -0.0293. The minimum absolute atomic E-state index is 0.173. The summed E-state index contributed by atoms with van der Waals surface area (Å²) < 4.78 is 0. The van der Waals surface area contributed by atoms with Gasteiger partial charge in [-0.25, -0.2) is 0 Å². The highest BCUT2D eigenvalue weighted by Gasteiger charge is 2.11. The lowest BCUT2D eigenvalue weighted by atomic mass is 10.2. The molecule has 0 saturated heterocycles. The molecule has 0 amide bonds. The Morgan fingerprint density at radius 2 is 2.21 bits per heavy atom. The number of rotatable bonds is 1. The molecule has 0 fully saturated rings. The van der Waals surface area contributed by atoms with E-state index in [0.29, 0.717) is 6.29 Å². The molecule has 0 aliphatic heterocycles. The molecule has 0 bridgehead atoms. The van der Waals surface area contributed by atoms with Crippen molar-refractivity contribution < 1.29 is 9.72 Å². The van der Waals surface area contributed by atoms with Crippen LogP contribution in [0, 0.1) is 22.0 Å². The van der Waals surface area contributed by atoms with Crippen LogP contribution < -0.4 is 0 Å². The van der Waals surface area contributed by atoms with Gasteiger partial charge >= 0.3 is 0 Å². The van der Waals surface area contributed by atoms with E-state index in [2.05, 4.69) is 11.8 Å². The lowest BCUT2D eigenvalue weighted by Crippen LogP contribution is -1.91. The van der Waals surface area contributed by atoms with Crippen molar-refractivity contribution in [2.45, 2.75) is 0 Å². The second-order valence-corrected chi connectivity index (χ2v) is 2.74. The van der Waals surface area contributed by atoms with Crippen LogP contribution in [0.25, 0.3) is 0 Å². The topological polar surface area (TPSA) is 60.2 Å². The summed E-state index contributed by atoms with van der Waals surface area (Å²) in [6.07, 6.45) is 0.373. The number of carbonyl (C=O) groups is 1. The van der Waals surface area contributed by atoms with Gasteiger partial charge in [-0.15, -0.1) is 0 Å². The van der Waals surface area contributed by atoms with Crippen molar-refractivity contribution in [3.8, 4) is 11.8 Å². The van der Waals surface area contributed by atoms with Crippen LogP contribution >= 0.6 is 11.6 Å². The second kappa shape index (κ2) is 4.40. The first-order valence-electron chi connectivity index (χ1n) is 3.54. The quantitative estimate of drug-likeness (QED) is 0.307. The fourth-order valence-electron chi connectivity index (χ4n) is 0.869. The number of nitro groups is 1. The Morgan fingerprint density at radius 1 is 1.50 bits per heavy atom. The molecule has 70 valence electrons. The molecule has 1 aromatic carbocycles. The number of nitrogens with zero attached hydrogens (tertiary/aromatic N) is 1. The minimum atomic E-state index is -0.597. The van der Waals surface area contributed by atoms with Crippen molar-refractivity contribution >= 4 is 23.6 Å². The molecule has 5 heteroatoms. The zero-order chi connectivity index (χ0) is 10.6. The van der Waals surface area contributed by atoms with Gasteiger partial charge < -0.3 is 0 Å². The summed E-state index contributed by atoms with van der Waals surface area (Å²) >= 11 is 5.57. The Morgan fingerprint density at radius 3 is 2.79 bits per heavy atom. The van der Waals surface area contributed by atoms with Crippen molar-refractivity contribution in [2.24, 2.45) is 0 Å². The summed E-state index contributed by atoms with van der Waals surface area (Å²) in [5, 5.41) is 10.8. The Balaban J connectivity index is 3.28. The molecule has 0 atom stereocenters. The molecule has 0 aromatic heterocycles. The van der Waals surface area contributed by atoms with Gasteiger partial charge in [-0.3, -0.25) is 14.9 Å². The van der Waals surface area contributed by atoms with E-state index in [1.54, 1.807) is 0 Å². The second-order valence-electron chi connectivity index (χ2n) is 2.31. The molecule has 0 aliphatic rings. The third-order valence-electron chi connectivity index (χ3n) is 1.42. The van der Waals surface area contributed by atoms with Crippen LogP contribution in [-0.4, -0.2) is 11.2 Å². The van der Waals surface area contributed by atoms with Crippen molar-refractivity contribution in [1.29, 1.82) is 0 Å². The lowest BCUT2D eigenvalue weighted by molar-refractivity contribution is -0.385. The zero-order valence-corrected chi connectivity index (χ0v) is 7.62. The molecule has 1 aromatic rings. The third kappa shape index (κ3) is 2.31. The Hall–Kier alpha value is -1.86. The molecule has 0 unspecified atom stereocenters. The zero-order valence-electron chi connectivity index (χ0n) is 6.86. The summed E-state index contributed by atoms with van der Waals surface area (Å²) in [6, 6.07) is 4.07. The monoisotopic (exact) mass is 209 g/mol. The van der Waals surface area contributed by atoms with E-state index in [9.17, 15) is 14.9 Å². The van der Waals surface area contributed by atoms with E-state index < -0.39 is 4.92 Å². The number of carbonyl (C=O) groups excluding carboxylic acids is 1. The van der Waals surface area contributed by atoms with E-state index in [1.165, 1.54) is 18.2 Å². The highest BCUT2D eigenvalue weighted by atomic mass is 35.5. The van der Waals surface area contributed by atoms with Gasteiger partial charge in [0.25, 0.3) is 5.69 Å². The maximum atomic E-state index is 10.5. The molecule has 0 radical (unpaired) electrons. The number of nitro benzene ring substituents is 1. The van der Waals surface area contributed by atoms with Crippen molar-refractivity contribution in [2.75, 3.05) is 0 Å². The molecule has 0 saturated carbocycles. The molecule has 0 N–H and O–H groups in total. The lowest BCUT2D eigenvalue weighted by Gasteiger charge is -1.95. The predicted octanol–water partition coefficient (Wildman–Crippen LogP) is 1.80. The van der Waals surface area contributed by atoms with Crippen molar-refractivity contribution in [3.05, 3.63) is 38.9 Å². The van der Waals surface area contributed by atoms with Crippen molar-refractivity contribution in [3.63, 3.8) is 0 Å². The molecule has 0 heterocycles. The first-order valence-corrected chi connectivity index (χ1v) is 3.92. The normalized spacial score (nSPS) is 8.64. The van der Waals surface area contributed by atoms with Crippen LogP contribution in [0.4, 0.5) is 5.69 Å². The highest BCUT2D eigenvalue weighted by molar-refractivity contribution is 6.30. The summed E-state index contributed by atoms with van der Waals surface area (Å²) in [4.78, 5) is 19.9. The number of halogens is 1. The van der Waals surface area contributed by atoms with Gasteiger partial charge in [0.2, 0.25) is 0 Å².